The Balaban J connectivity index is 2.84. The van der Waals surface area contributed by atoms with Crippen LogP contribution in [0.15, 0.2) is 30.5 Å². The lowest BCUT2D eigenvalue weighted by molar-refractivity contribution is 1.34. The average molecular weight is 212 g/mol. The number of fused-ring (bicyclic) bond motifs is 1. The lowest BCUT2D eigenvalue weighted by Crippen LogP contribution is -1.86. The number of benzene rings is 1. The topological polar surface area (TPSA) is 12.9 Å². The number of pyridine rings is 1. The third-order valence-electron chi connectivity index (χ3n) is 1.96. The smallest absolute Gasteiger partial charge is 0.0760 e. The van der Waals surface area contributed by atoms with Crippen molar-refractivity contribution in [2.45, 2.75) is 5.88 Å². The fourth-order valence-corrected chi connectivity index (χ4v) is 1.87. The van der Waals surface area contributed by atoms with Crippen molar-refractivity contribution in [2.75, 3.05) is 0 Å². The van der Waals surface area contributed by atoms with E-state index in [9.17, 15) is 0 Å². The second kappa shape index (κ2) is 3.52. The largest absolute Gasteiger partial charge is 0.256 e. The van der Waals surface area contributed by atoms with Gasteiger partial charge in [-0.15, -0.1) is 11.6 Å². The van der Waals surface area contributed by atoms with Gasteiger partial charge < -0.3 is 0 Å². The van der Waals surface area contributed by atoms with Gasteiger partial charge in [-0.2, -0.15) is 0 Å². The molecule has 1 aromatic heterocycles. The molecule has 0 unspecified atom stereocenters. The van der Waals surface area contributed by atoms with Crippen LogP contribution in [0.4, 0.5) is 0 Å². The molecule has 0 aliphatic heterocycles. The van der Waals surface area contributed by atoms with Crippen LogP contribution in [0, 0.1) is 0 Å². The Morgan fingerprint density at radius 1 is 1.23 bits per heavy atom. The van der Waals surface area contributed by atoms with Gasteiger partial charge >= 0.3 is 0 Å². The number of halogens is 2. The highest BCUT2D eigenvalue weighted by atomic mass is 35.5. The Morgan fingerprint density at radius 3 is 2.85 bits per heavy atom. The van der Waals surface area contributed by atoms with Crippen molar-refractivity contribution in [1.29, 1.82) is 0 Å². The van der Waals surface area contributed by atoms with Crippen LogP contribution < -0.4 is 0 Å². The summed E-state index contributed by atoms with van der Waals surface area (Å²) < 4.78 is 0. The molecular formula is C10H7Cl2N. The number of hydrogen-bond donors (Lipinski definition) is 0. The second-order valence-electron chi connectivity index (χ2n) is 2.73. The maximum absolute atomic E-state index is 5.98. The van der Waals surface area contributed by atoms with Crippen molar-refractivity contribution < 1.29 is 0 Å². The maximum Gasteiger partial charge on any atom is 0.0760 e. The predicted octanol–water partition coefficient (Wildman–Crippen LogP) is 3.63. The van der Waals surface area contributed by atoms with E-state index in [1.165, 1.54) is 0 Å². The predicted molar refractivity (Wildman–Crippen MR) is 56.3 cm³/mol. The third kappa shape index (κ3) is 1.50. The molecule has 0 aliphatic carbocycles. The lowest BCUT2D eigenvalue weighted by atomic mass is 10.1. The zero-order chi connectivity index (χ0) is 9.26. The molecule has 3 heteroatoms. The number of alkyl halides is 1. The van der Waals surface area contributed by atoms with Crippen LogP contribution >= 0.6 is 23.2 Å². The molecule has 0 bridgehead atoms. The van der Waals surface area contributed by atoms with Gasteiger partial charge in [0.2, 0.25) is 0 Å². The summed E-state index contributed by atoms with van der Waals surface area (Å²) in [6, 6.07) is 7.69. The van der Waals surface area contributed by atoms with Crippen molar-refractivity contribution >= 4 is 34.1 Å². The number of aromatic nitrogens is 1. The molecule has 0 N–H and O–H groups in total. The Kier molecular flexibility index (Phi) is 2.38. The van der Waals surface area contributed by atoms with E-state index in [1.54, 1.807) is 6.20 Å². The molecule has 0 fully saturated rings. The highest BCUT2D eigenvalue weighted by Gasteiger charge is 2.04. The Morgan fingerprint density at radius 2 is 2.08 bits per heavy atom. The summed E-state index contributed by atoms with van der Waals surface area (Å²) in [5, 5.41) is 1.75. The van der Waals surface area contributed by atoms with Crippen LogP contribution in [-0.4, -0.2) is 4.98 Å². The molecule has 2 aromatic rings. The molecule has 1 heterocycles. The van der Waals surface area contributed by atoms with E-state index < -0.39 is 0 Å². The first-order valence-corrected chi connectivity index (χ1v) is 4.82. The van der Waals surface area contributed by atoms with Crippen LogP contribution in [0.25, 0.3) is 10.9 Å². The van der Waals surface area contributed by atoms with Gasteiger partial charge in [-0.1, -0.05) is 23.7 Å². The van der Waals surface area contributed by atoms with Gasteiger partial charge in [-0.05, 0) is 12.1 Å². The van der Waals surface area contributed by atoms with Gasteiger partial charge in [0, 0.05) is 22.2 Å². The highest BCUT2D eigenvalue weighted by molar-refractivity contribution is 6.33. The van der Waals surface area contributed by atoms with Gasteiger partial charge in [0.15, 0.2) is 0 Å². The Labute approximate surface area is 86.3 Å². The molecule has 1 aromatic carbocycles. The van der Waals surface area contributed by atoms with Crippen molar-refractivity contribution in [3.8, 4) is 0 Å². The fourth-order valence-electron chi connectivity index (χ4n) is 1.31. The minimum atomic E-state index is 0.396. The molecule has 13 heavy (non-hydrogen) atoms. The Bertz CT molecular complexity index is 440. The zero-order valence-corrected chi connectivity index (χ0v) is 8.31. The summed E-state index contributed by atoms with van der Waals surface area (Å²) in [5.74, 6) is 0.396. The minimum Gasteiger partial charge on any atom is -0.256 e. The summed E-state index contributed by atoms with van der Waals surface area (Å²) in [7, 11) is 0. The summed E-state index contributed by atoms with van der Waals surface area (Å²) in [6.07, 6.45) is 1.74. The van der Waals surface area contributed by atoms with Crippen molar-refractivity contribution in [3.63, 3.8) is 0 Å². The number of nitrogens with zero attached hydrogens (tertiary/aromatic N) is 1. The summed E-state index contributed by atoms with van der Waals surface area (Å²) in [5.41, 5.74) is 1.80. The molecule has 0 saturated heterocycles. The molecule has 1 nitrogen and oxygen atoms in total. The van der Waals surface area contributed by atoms with Crippen molar-refractivity contribution in [2.24, 2.45) is 0 Å². The summed E-state index contributed by atoms with van der Waals surface area (Å²) in [6.45, 7) is 0. The standard InChI is InChI=1S/C10H7Cl2N/c11-6-8-9(12)4-3-7-2-1-5-13-10(7)8/h1-5H,6H2. The Hall–Kier alpha value is -0.790. The maximum atomic E-state index is 5.98. The van der Waals surface area contributed by atoms with Gasteiger partial charge in [0.1, 0.15) is 0 Å². The van der Waals surface area contributed by atoms with Crippen LogP contribution in [0.5, 0.6) is 0 Å². The van der Waals surface area contributed by atoms with E-state index in [0.717, 1.165) is 16.5 Å². The molecule has 0 aliphatic rings. The van der Waals surface area contributed by atoms with Gasteiger partial charge in [-0.25, -0.2) is 0 Å². The van der Waals surface area contributed by atoms with Crippen molar-refractivity contribution in [3.05, 3.63) is 41.0 Å². The number of rotatable bonds is 1. The SMILES string of the molecule is ClCc1c(Cl)ccc2cccnc12. The average Bonchev–Trinajstić information content (AvgIpc) is 2.18. The quantitative estimate of drug-likeness (QED) is 0.657. The molecule has 0 spiro atoms. The van der Waals surface area contributed by atoms with E-state index in [-0.39, 0.29) is 0 Å². The molecular weight excluding hydrogens is 205 g/mol. The number of hydrogen-bond acceptors (Lipinski definition) is 1. The van der Waals surface area contributed by atoms with Gasteiger partial charge in [0.25, 0.3) is 0 Å². The van der Waals surface area contributed by atoms with Crippen LogP contribution in [0.2, 0.25) is 5.02 Å². The molecule has 66 valence electrons. The molecule has 0 atom stereocenters. The molecule has 0 radical (unpaired) electrons. The van der Waals surface area contributed by atoms with Gasteiger partial charge in [0.05, 0.1) is 11.4 Å². The third-order valence-corrected chi connectivity index (χ3v) is 2.58. The monoisotopic (exact) mass is 211 g/mol. The van der Waals surface area contributed by atoms with E-state index in [1.807, 2.05) is 24.3 Å². The zero-order valence-electron chi connectivity index (χ0n) is 6.80. The van der Waals surface area contributed by atoms with Crippen LogP contribution in [0.1, 0.15) is 5.56 Å². The molecule has 0 amide bonds. The summed E-state index contributed by atoms with van der Waals surface area (Å²) >= 11 is 11.8. The van der Waals surface area contributed by atoms with Gasteiger partial charge in [-0.3, -0.25) is 4.98 Å². The van der Waals surface area contributed by atoms with E-state index in [0.29, 0.717) is 10.9 Å². The lowest BCUT2D eigenvalue weighted by Gasteiger charge is -2.03. The van der Waals surface area contributed by atoms with Crippen molar-refractivity contribution in [1.82, 2.24) is 4.98 Å². The van der Waals surface area contributed by atoms with Crippen LogP contribution in [0.3, 0.4) is 0 Å². The second-order valence-corrected chi connectivity index (χ2v) is 3.41. The van der Waals surface area contributed by atoms with E-state index in [2.05, 4.69) is 4.98 Å². The highest BCUT2D eigenvalue weighted by Crippen LogP contribution is 2.25. The fraction of sp³-hybridized carbons (Fsp3) is 0.100. The first-order valence-electron chi connectivity index (χ1n) is 3.91. The van der Waals surface area contributed by atoms with E-state index >= 15 is 0 Å². The van der Waals surface area contributed by atoms with E-state index in [4.69, 9.17) is 23.2 Å². The first kappa shape index (κ1) is 8.79. The molecule has 0 saturated carbocycles. The van der Waals surface area contributed by atoms with Crippen LogP contribution in [-0.2, 0) is 5.88 Å². The normalized spacial score (nSPS) is 10.6. The summed E-state index contributed by atoms with van der Waals surface area (Å²) in [4.78, 5) is 4.24. The molecule has 2 rings (SSSR count). The first-order chi connectivity index (χ1) is 6.33. The minimum absolute atomic E-state index is 0.396.